The smallest absolute Gasteiger partial charge is 0.408 e. The lowest BCUT2D eigenvalue weighted by Crippen LogP contribution is -2.63. The predicted molar refractivity (Wildman–Crippen MR) is 239 cm³/mol. The third-order valence-corrected chi connectivity index (χ3v) is 9.04. The minimum atomic E-state index is -1.73. The summed E-state index contributed by atoms with van der Waals surface area (Å²) in [4.78, 5) is 108. The Hall–Kier alpha value is -6.52. The molecular weight excluding hydrogens is 811 g/mol. The Bertz CT molecular complexity index is 2070. The first-order valence-corrected chi connectivity index (χ1v) is 20.4. The Kier molecular flexibility index (Phi) is 18.0. The molecular formula is C46H65N7O10. The first-order valence-electron chi connectivity index (χ1n) is 20.4. The molecule has 17 heteroatoms. The summed E-state index contributed by atoms with van der Waals surface area (Å²) in [6.45, 7) is 20.1. The molecule has 0 aliphatic carbocycles. The summed E-state index contributed by atoms with van der Waals surface area (Å²) >= 11 is 0. The molecule has 0 aromatic heterocycles. The second-order valence-corrected chi connectivity index (χ2v) is 18.5. The maximum Gasteiger partial charge on any atom is 0.408 e. The molecule has 63 heavy (non-hydrogen) atoms. The second-order valence-electron chi connectivity index (χ2n) is 18.5. The van der Waals surface area contributed by atoms with Gasteiger partial charge in [-0.25, -0.2) is 9.59 Å². The molecule has 2 aromatic carbocycles. The van der Waals surface area contributed by atoms with Crippen molar-refractivity contribution in [1.82, 2.24) is 37.2 Å². The lowest BCUT2D eigenvalue weighted by atomic mass is 9.97. The van der Waals surface area contributed by atoms with Gasteiger partial charge in [0.2, 0.25) is 23.6 Å². The van der Waals surface area contributed by atoms with Crippen molar-refractivity contribution in [3.8, 4) is 0 Å². The summed E-state index contributed by atoms with van der Waals surface area (Å²) in [5.74, 6) is -5.57. The molecule has 0 saturated heterocycles. The van der Waals surface area contributed by atoms with Gasteiger partial charge in [0.05, 0.1) is 7.11 Å². The van der Waals surface area contributed by atoms with Gasteiger partial charge in [-0.3, -0.25) is 28.8 Å². The molecule has 1 atom stereocenters. The van der Waals surface area contributed by atoms with Crippen molar-refractivity contribution >= 4 is 59.7 Å². The molecule has 344 valence electrons. The fourth-order valence-electron chi connectivity index (χ4n) is 5.48. The van der Waals surface area contributed by atoms with E-state index in [1.54, 1.807) is 81.4 Å². The second kappa shape index (κ2) is 21.5. The number of nitrogens with one attached hydrogen (secondary N) is 7. The van der Waals surface area contributed by atoms with Crippen LogP contribution < -0.4 is 37.2 Å². The molecule has 17 nitrogen and oxygen atoms in total. The largest absolute Gasteiger partial charge is 0.467 e. The third-order valence-electron chi connectivity index (χ3n) is 9.04. The fraction of sp³-hybridized carbons (Fsp3) is 0.478. The minimum absolute atomic E-state index is 0.0874. The molecule has 2 aromatic rings. The van der Waals surface area contributed by atoms with Gasteiger partial charge in [-0.05, 0) is 112 Å². The summed E-state index contributed by atoms with van der Waals surface area (Å²) in [5.41, 5.74) is -6.69. The monoisotopic (exact) mass is 875 g/mol. The third kappa shape index (κ3) is 17.0. The molecule has 7 N–H and O–H groups in total. The van der Waals surface area contributed by atoms with Crippen LogP contribution in [-0.4, -0.2) is 88.4 Å². The van der Waals surface area contributed by atoms with E-state index in [9.17, 15) is 38.4 Å². The van der Waals surface area contributed by atoms with Crippen molar-refractivity contribution in [3.63, 3.8) is 0 Å². The van der Waals surface area contributed by atoms with Gasteiger partial charge in [0.1, 0.15) is 45.2 Å². The van der Waals surface area contributed by atoms with E-state index >= 15 is 0 Å². The van der Waals surface area contributed by atoms with Crippen molar-refractivity contribution < 1.29 is 47.8 Å². The molecule has 0 aliphatic heterocycles. The van der Waals surface area contributed by atoms with Gasteiger partial charge in [0.15, 0.2) is 0 Å². The number of methoxy groups -OCH3 is 1. The van der Waals surface area contributed by atoms with Gasteiger partial charge >= 0.3 is 12.1 Å². The number of carbonyl (C=O) groups excluding carboxylic acids is 8. The number of hydrogen-bond acceptors (Lipinski definition) is 10. The van der Waals surface area contributed by atoms with E-state index in [1.807, 2.05) is 13.8 Å². The number of alkyl carbamates (subject to hydrolysis) is 1. The summed E-state index contributed by atoms with van der Waals surface area (Å²) in [5, 5.41) is 18.2. The van der Waals surface area contributed by atoms with Crippen LogP contribution in [0, 0.1) is 5.92 Å². The summed E-state index contributed by atoms with van der Waals surface area (Å²) in [6, 6.07) is 16.0. The number of hydrogen-bond donors (Lipinski definition) is 7. The molecule has 0 radical (unpaired) electrons. The SMILES string of the molecule is COC(=O)C(C)(C)NC(=O)/C(=C/c1ccccc1)NC(=O)C(C)(C)NC(=O)/C(=C/c1ccccc1)NC(=O)C(C)(C)NC(=O)[C@H](CC(C)C)NC(=O)C(C)(C)NC(=O)OC(C)(C)C. The molecule has 2 rings (SSSR count). The molecule has 0 bridgehead atoms. The Morgan fingerprint density at radius 3 is 1.35 bits per heavy atom. The number of ether oxygens (including phenoxy) is 2. The van der Waals surface area contributed by atoms with Crippen LogP contribution >= 0.6 is 0 Å². The van der Waals surface area contributed by atoms with E-state index < -0.39 is 81.3 Å². The topological polar surface area (TPSA) is 239 Å². The highest BCUT2D eigenvalue weighted by atomic mass is 16.6. The van der Waals surface area contributed by atoms with Crippen molar-refractivity contribution in [2.24, 2.45) is 5.92 Å². The average molecular weight is 876 g/mol. The van der Waals surface area contributed by atoms with Crippen molar-refractivity contribution in [2.45, 2.75) is 130 Å². The fourth-order valence-corrected chi connectivity index (χ4v) is 5.48. The quantitative estimate of drug-likeness (QED) is 0.0840. The van der Waals surface area contributed by atoms with E-state index in [2.05, 4.69) is 37.2 Å². The lowest BCUT2D eigenvalue weighted by molar-refractivity contribution is -0.149. The highest BCUT2D eigenvalue weighted by Gasteiger charge is 2.39. The van der Waals surface area contributed by atoms with Gasteiger partial charge in [-0.1, -0.05) is 74.5 Å². The van der Waals surface area contributed by atoms with Crippen LogP contribution in [-0.2, 0) is 43.0 Å². The Morgan fingerprint density at radius 1 is 0.556 bits per heavy atom. The van der Waals surface area contributed by atoms with Crippen LogP contribution in [0.2, 0.25) is 0 Å². The number of rotatable bonds is 18. The molecule has 0 heterocycles. The van der Waals surface area contributed by atoms with E-state index in [4.69, 9.17) is 9.47 Å². The zero-order valence-electron chi connectivity index (χ0n) is 38.9. The number of benzene rings is 2. The Balaban J connectivity index is 2.39. The summed E-state index contributed by atoms with van der Waals surface area (Å²) in [7, 11) is 1.17. The Morgan fingerprint density at radius 2 is 0.952 bits per heavy atom. The molecule has 0 spiro atoms. The Labute approximate surface area is 370 Å². The van der Waals surface area contributed by atoms with Gasteiger partial charge in [0, 0.05) is 0 Å². The first-order chi connectivity index (χ1) is 28.9. The van der Waals surface area contributed by atoms with Crippen LogP contribution in [0.25, 0.3) is 12.2 Å². The van der Waals surface area contributed by atoms with Gasteiger partial charge < -0.3 is 46.7 Å². The van der Waals surface area contributed by atoms with Crippen LogP contribution in [0.3, 0.4) is 0 Å². The number of esters is 1. The zero-order chi connectivity index (χ0) is 48.1. The van der Waals surface area contributed by atoms with Gasteiger partial charge in [-0.2, -0.15) is 0 Å². The van der Waals surface area contributed by atoms with Gasteiger partial charge in [0.25, 0.3) is 11.8 Å². The summed E-state index contributed by atoms with van der Waals surface area (Å²) < 4.78 is 10.1. The van der Waals surface area contributed by atoms with E-state index in [-0.39, 0.29) is 23.7 Å². The maximum atomic E-state index is 14.1. The van der Waals surface area contributed by atoms with Crippen molar-refractivity contribution in [3.05, 3.63) is 83.2 Å². The van der Waals surface area contributed by atoms with E-state index in [0.29, 0.717) is 11.1 Å². The number of carbonyl (C=O) groups is 8. The number of amides is 7. The molecule has 0 unspecified atom stereocenters. The van der Waals surface area contributed by atoms with Crippen LogP contribution in [0.1, 0.15) is 108 Å². The zero-order valence-corrected chi connectivity index (χ0v) is 38.9. The molecule has 0 saturated carbocycles. The van der Waals surface area contributed by atoms with Crippen LogP contribution in [0.15, 0.2) is 72.1 Å². The first kappa shape index (κ1) is 52.6. The van der Waals surface area contributed by atoms with Crippen LogP contribution in [0.4, 0.5) is 4.79 Å². The predicted octanol–water partition coefficient (Wildman–Crippen LogP) is 3.99. The molecule has 7 amide bonds. The normalized spacial score (nSPS) is 13.1. The highest BCUT2D eigenvalue weighted by Crippen LogP contribution is 2.16. The maximum absolute atomic E-state index is 14.1. The highest BCUT2D eigenvalue weighted by molar-refractivity contribution is 6.08. The molecule has 0 aliphatic rings. The van der Waals surface area contributed by atoms with Gasteiger partial charge in [-0.15, -0.1) is 0 Å². The van der Waals surface area contributed by atoms with Crippen LogP contribution in [0.5, 0.6) is 0 Å². The molecule has 0 fully saturated rings. The van der Waals surface area contributed by atoms with E-state index in [0.717, 1.165) is 0 Å². The van der Waals surface area contributed by atoms with Crippen molar-refractivity contribution in [1.29, 1.82) is 0 Å². The standard InChI is InChI=1S/C46H65N7O10/c1-28(2)25-31(47-39(59)45(10,11)53-41(61)63-42(3,4)5)34(54)50-43(6,7)37(57)48-32(26-29-21-17-15-18-22-29)35(55)51-44(8,9)38(58)49-33(27-30-23-19-16-20-24-30)36(56)52-46(12,13)40(60)62-14/h15-24,26-28,31H,25H2,1-14H3,(H,47,59)(H,48,57)(H,49,58)(H,50,54)(H,51,55)(H,52,56)(H,53,61)/b32-26-,33-27-/t31-/m0/s1. The average Bonchev–Trinajstić information content (AvgIpc) is 3.15. The summed E-state index contributed by atoms with van der Waals surface area (Å²) in [6.07, 6.45) is 2.12. The van der Waals surface area contributed by atoms with E-state index in [1.165, 1.54) is 74.7 Å². The lowest BCUT2D eigenvalue weighted by Gasteiger charge is -2.32. The van der Waals surface area contributed by atoms with Crippen molar-refractivity contribution in [2.75, 3.05) is 7.11 Å². The minimum Gasteiger partial charge on any atom is -0.467 e.